The van der Waals surface area contributed by atoms with Gasteiger partial charge in [-0.25, -0.2) is 0 Å². The number of hydrogen-bond acceptors (Lipinski definition) is 2. The topological polar surface area (TPSA) is 55.1 Å². The van der Waals surface area contributed by atoms with Crippen molar-refractivity contribution < 1.29 is 4.79 Å². The van der Waals surface area contributed by atoms with Crippen LogP contribution in [0.3, 0.4) is 0 Å². The molecule has 21 heavy (non-hydrogen) atoms. The monoisotopic (exact) mass is 344 g/mol. The number of carbonyl (C=O) groups is 1. The normalized spacial score (nSPS) is 17.1. The summed E-state index contributed by atoms with van der Waals surface area (Å²) < 4.78 is 0.878. The zero-order chi connectivity index (χ0) is 14.8. The van der Waals surface area contributed by atoms with Gasteiger partial charge in [-0.1, -0.05) is 40.2 Å². The summed E-state index contributed by atoms with van der Waals surface area (Å²) in [5.74, 6) is -0.0932. The van der Waals surface area contributed by atoms with Gasteiger partial charge in [0, 0.05) is 16.2 Å². The van der Waals surface area contributed by atoms with Gasteiger partial charge >= 0.3 is 0 Å². The van der Waals surface area contributed by atoms with Crippen molar-refractivity contribution in [2.24, 2.45) is 0 Å². The van der Waals surface area contributed by atoms with E-state index in [0.717, 1.165) is 23.7 Å². The third-order valence-corrected chi connectivity index (χ3v) is 4.43. The number of carbonyl (C=O) groups excluding carboxylic acids is 1. The van der Waals surface area contributed by atoms with Gasteiger partial charge in [-0.2, -0.15) is 0 Å². The Hall–Kier alpha value is -1.81. The van der Waals surface area contributed by atoms with Crippen molar-refractivity contribution in [2.75, 3.05) is 5.73 Å². The van der Waals surface area contributed by atoms with Crippen LogP contribution in [0.4, 0.5) is 5.69 Å². The number of nitrogens with one attached hydrogen (secondary N) is 1. The molecule has 0 heterocycles. The van der Waals surface area contributed by atoms with Crippen molar-refractivity contribution in [1.29, 1.82) is 0 Å². The van der Waals surface area contributed by atoms with Crippen LogP contribution < -0.4 is 11.1 Å². The fraction of sp³-hybridized carbons (Fsp3) is 0.235. The predicted octanol–water partition coefficient (Wildman–Crippen LogP) is 3.32. The number of hydrogen-bond donors (Lipinski definition) is 2. The second kappa shape index (κ2) is 5.90. The first-order chi connectivity index (χ1) is 10.1. The fourth-order valence-corrected chi connectivity index (χ4v) is 3.20. The summed E-state index contributed by atoms with van der Waals surface area (Å²) in [5, 5.41) is 3.10. The maximum Gasteiger partial charge on any atom is 0.253 e. The molecule has 3 rings (SSSR count). The SMILES string of the molecule is Nc1cc(Br)ccc1C(=O)NC1CCc2ccccc2C1. The molecule has 1 aliphatic carbocycles. The Kier molecular flexibility index (Phi) is 3.97. The van der Waals surface area contributed by atoms with Crippen molar-refractivity contribution in [1.82, 2.24) is 5.32 Å². The second-order valence-electron chi connectivity index (χ2n) is 5.41. The molecule has 4 heteroatoms. The lowest BCUT2D eigenvalue weighted by Gasteiger charge is -2.25. The number of halogens is 1. The summed E-state index contributed by atoms with van der Waals surface area (Å²) in [6, 6.07) is 13.9. The van der Waals surface area contributed by atoms with Crippen LogP contribution >= 0.6 is 15.9 Å². The minimum absolute atomic E-state index is 0.0932. The molecule has 1 aliphatic rings. The highest BCUT2D eigenvalue weighted by Gasteiger charge is 2.21. The minimum Gasteiger partial charge on any atom is -0.398 e. The van der Waals surface area contributed by atoms with E-state index in [1.165, 1.54) is 11.1 Å². The Bertz CT molecular complexity index is 684. The van der Waals surface area contributed by atoms with Gasteiger partial charge in [0.05, 0.1) is 5.56 Å². The van der Waals surface area contributed by atoms with E-state index < -0.39 is 0 Å². The summed E-state index contributed by atoms with van der Waals surface area (Å²) >= 11 is 3.35. The number of aryl methyl sites for hydroxylation is 1. The standard InChI is InChI=1S/C17H17BrN2O/c18-13-6-8-15(16(19)10-13)17(21)20-14-7-5-11-3-1-2-4-12(11)9-14/h1-4,6,8,10,14H,5,7,9,19H2,(H,20,21). The number of nitrogen functional groups attached to an aromatic ring is 1. The summed E-state index contributed by atoms with van der Waals surface area (Å²) in [6.45, 7) is 0. The van der Waals surface area contributed by atoms with E-state index in [1.54, 1.807) is 12.1 Å². The average Bonchev–Trinajstić information content (AvgIpc) is 2.47. The number of nitrogens with two attached hydrogens (primary N) is 1. The van der Waals surface area contributed by atoms with Gasteiger partial charge in [0.15, 0.2) is 0 Å². The molecule has 108 valence electrons. The van der Waals surface area contributed by atoms with Crippen LogP contribution in [0.5, 0.6) is 0 Å². The lowest BCUT2D eigenvalue weighted by atomic mass is 9.88. The van der Waals surface area contributed by atoms with Crippen LogP contribution in [0, 0.1) is 0 Å². The largest absolute Gasteiger partial charge is 0.398 e. The Balaban J connectivity index is 1.71. The smallest absolute Gasteiger partial charge is 0.253 e. The minimum atomic E-state index is -0.0932. The summed E-state index contributed by atoms with van der Waals surface area (Å²) in [7, 11) is 0. The molecular formula is C17H17BrN2O. The molecular weight excluding hydrogens is 328 g/mol. The fourth-order valence-electron chi connectivity index (χ4n) is 2.82. The van der Waals surface area contributed by atoms with E-state index in [0.29, 0.717) is 11.3 Å². The third-order valence-electron chi connectivity index (χ3n) is 3.94. The number of benzene rings is 2. The van der Waals surface area contributed by atoms with E-state index in [1.807, 2.05) is 6.07 Å². The Morgan fingerprint density at radius 1 is 1.19 bits per heavy atom. The van der Waals surface area contributed by atoms with Crippen LogP contribution in [-0.2, 0) is 12.8 Å². The maximum atomic E-state index is 12.4. The molecule has 0 spiro atoms. The maximum absolute atomic E-state index is 12.4. The van der Waals surface area contributed by atoms with Crippen molar-refractivity contribution in [2.45, 2.75) is 25.3 Å². The van der Waals surface area contributed by atoms with Crippen molar-refractivity contribution >= 4 is 27.5 Å². The van der Waals surface area contributed by atoms with Gasteiger partial charge in [0.2, 0.25) is 0 Å². The molecule has 1 atom stereocenters. The van der Waals surface area contributed by atoms with Gasteiger partial charge in [-0.3, -0.25) is 4.79 Å². The van der Waals surface area contributed by atoms with E-state index in [4.69, 9.17) is 5.73 Å². The molecule has 2 aromatic rings. The first-order valence-corrected chi connectivity index (χ1v) is 7.85. The molecule has 2 aromatic carbocycles. The first kappa shape index (κ1) is 14.1. The van der Waals surface area contributed by atoms with E-state index in [-0.39, 0.29) is 11.9 Å². The zero-order valence-electron chi connectivity index (χ0n) is 11.6. The highest BCUT2D eigenvalue weighted by molar-refractivity contribution is 9.10. The highest BCUT2D eigenvalue weighted by atomic mass is 79.9. The molecule has 1 unspecified atom stereocenters. The molecule has 3 nitrogen and oxygen atoms in total. The van der Waals surface area contributed by atoms with Gasteiger partial charge in [-0.05, 0) is 48.6 Å². The van der Waals surface area contributed by atoms with E-state index in [2.05, 4.69) is 45.5 Å². The third kappa shape index (κ3) is 3.10. The molecule has 0 bridgehead atoms. The van der Waals surface area contributed by atoms with Crippen molar-refractivity contribution in [3.63, 3.8) is 0 Å². The molecule has 0 saturated carbocycles. The lowest BCUT2D eigenvalue weighted by Crippen LogP contribution is -2.39. The molecule has 0 aliphatic heterocycles. The first-order valence-electron chi connectivity index (χ1n) is 7.06. The summed E-state index contributed by atoms with van der Waals surface area (Å²) in [5.41, 5.74) is 9.68. The van der Waals surface area contributed by atoms with Crippen LogP contribution in [0.1, 0.15) is 27.9 Å². The molecule has 3 N–H and O–H groups in total. The highest BCUT2D eigenvalue weighted by Crippen LogP contribution is 2.22. The zero-order valence-corrected chi connectivity index (χ0v) is 13.2. The molecule has 0 saturated heterocycles. The predicted molar refractivity (Wildman–Crippen MR) is 88.3 cm³/mol. The van der Waals surface area contributed by atoms with Gasteiger partial charge in [0.1, 0.15) is 0 Å². The number of amides is 1. The lowest BCUT2D eigenvalue weighted by molar-refractivity contribution is 0.0934. The van der Waals surface area contributed by atoms with Gasteiger partial charge in [-0.15, -0.1) is 0 Å². The van der Waals surface area contributed by atoms with Gasteiger partial charge < -0.3 is 11.1 Å². The number of anilines is 1. The Labute approximate surface area is 132 Å². The summed E-state index contributed by atoms with van der Waals surface area (Å²) in [4.78, 5) is 12.4. The summed E-state index contributed by atoms with van der Waals surface area (Å²) in [6.07, 6.45) is 2.87. The molecule has 0 radical (unpaired) electrons. The van der Waals surface area contributed by atoms with Crippen LogP contribution in [-0.4, -0.2) is 11.9 Å². The Morgan fingerprint density at radius 2 is 1.95 bits per heavy atom. The quantitative estimate of drug-likeness (QED) is 0.821. The van der Waals surface area contributed by atoms with Crippen LogP contribution in [0.15, 0.2) is 46.9 Å². The number of fused-ring (bicyclic) bond motifs is 1. The molecule has 0 aromatic heterocycles. The Morgan fingerprint density at radius 3 is 2.71 bits per heavy atom. The molecule has 0 fully saturated rings. The number of rotatable bonds is 2. The van der Waals surface area contributed by atoms with Crippen molar-refractivity contribution in [3.05, 3.63) is 63.6 Å². The molecule has 1 amide bonds. The van der Waals surface area contributed by atoms with Gasteiger partial charge in [0.25, 0.3) is 5.91 Å². The van der Waals surface area contributed by atoms with E-state index in [9.17, 15) is 4.79 Å². The van der Waals surface area contributed by atoms with Crippen LogP contribution in [0.25, 0.3) is 0 Å². The average molecular weight is 345 g/mol. The second-order valence-corrected chi connectivity index (χ2v) is 6.33. The van der Waals surface area contributed by atoms with Crippen molar-refractivity contribution in [3.8, 4) is 0 Å². The van der Waals surface area contributed by atoms with E-state index >= 15 is 0 Å². The van der Waals surface area contributed by atoms with Crippen LogP contribution in [0.2, 0.25) is 0 Å².